The summed E-state index contributed by atoms with van der Waals surface area (Å²) in [5.74, 6) is 1.31. The van der Waals surface area contributed by atoms with Crippen molar-refractivity contribution in [3.05, 3.63) is 21.9 Å². The summed E-state index contributed by atoms with van der Waals surface area (Å²) in [7, 11) is 0. The largest absolute Gasteiger partial charge is 0.318 e. The van der Waals surface area contributed by atoms with Gasteiger partial charge in [0.1, 0.15) is 6.17 Å². The van der Waals surface area contributed by atoms with Gasteiger partial charge >= 0.3 is 0 Å². The van der Waals surface area contributed by atoms with E-state index < -0.39 is 0 Å². The van der Waals surface area contributed by atoms with Crippen molar-refractivity contribution in [2.24, 2.45) is 11.8 Å². The zero-order valence-electron chi connectivity index (χ0n) is 13.4. The highest BCUT2D eigenvalue weighted by atomic mass is 32.1. The van der Waals surface area contributed by atoms with Crippen LogP contribution in [0.4, 0.5) is 0 Å². The van der Waals surface area contributed by atoms with Crippen LogP contribution >= 0.6 is 11.3 Å². The first-order valence-electron chi connectivity index (χ1n) is 8.13. The number of carbonyl (C=O) groups excluding carboxylic acids is 1. The van der Waals surface area contributed by atoms with E-state index in [0.717, 1.165) is 0 Å². The van der Waals surface area contributed by atoms with Crippen molar-refractivity contribution >= 4 is 17.2 Å². The Labute approximate surface area is 131 Å². The molecule has 1 saturated carbocycles. The molecule has 3 atom stereocenters. The van der Waals surface area contributed by atoms with Gasteiger partial charge in [0.25, 0.3) is 0 Å². The molecule has 1 saturated heterocycles. The van der Waals surface area contributed by atoms with Crippen LogP contribution in [0.2, 0.25) is 0 Å². The molecular weight excluding hydrogens is 280 g/mol. The van der Waals surface area contributed by atoms with E-state index in [1.54, 1.807) is 11.3 Å². The summed E-state index contributed by atoms with van der Waals surface area (Å²) in [5.41, 5.74) is 0. The predicted molar refractivity (Wildman–Crippen MR) is 87.2 cm³/mol. The predicted octanol–water partition coefficient (Wildman–Crippen LogP) is 3.70. The van der Waals surface area contributed by atoms with Crippen LogP contribution < -0.4 is 5.32 Å². The second kappa shape index (κ2) is 5.73. The van der Waals surface area contributed by atoms with Crippen molar-refractivity contribution < 1.29 is 4.79 Å². The van der Waals surface area contributed by atoms with Gasteiger partial charge in [-0.05, 0) is 50.7 Å². The summed E-state index contributed by atoms with van der Waals surface area (Å²) < 4.78 is 0. The van der Waals surface area contributed by atoms with Gasteiger partial charge in [-0.15, -0.1) is 11.3 Å². The second-order valence-electron chi connectivity index (χ2n) is 6.92. The fourth-order valence-electron chi connectivity index (χ4n) is 3.49. The van der Waals surface area contributed by atoms with Crippen LogP contribution in [-0.2, 0) is 4.79 Å². The number of thiophene rings is 1. The van der Waals surface area contributed by atoms with E-state index in [9.17, 15) is 4.79 Å². The Morgan fingerprint density at radius 3 is 2.48 bits per heavy atom. The summed E-state index contributed by atoms with van der Waals surface area (Å²) in [6.45, 7) is 8.62. The average Bonchev–Trinajstić information content (AvgIpc) is 2.90. The Kier molecular flexibility index (Phi) is 4.10. The van der Waals surface area contributed by atoms with Crippen molar-refractivity contribution in [3.63, 3.8) is 0 Å². The number of nitrogens with zero attached hydrogens (tertiary/aromatic N) is 1. The van der Waals surface area contributed by atoms with Gasteiger partial charge in [-0.25, -0.2) is 0 Å². The van der Waals surface area contributed by atoms with Crippen molar-refractivity contribution in [2.45, 2.75) is 65.2 Å². The zero-order chi connectivity index (χ0) is 15.1. The van der Waals surface area contributed by atoms with E-state index in [1.165, 1.54) is 29.0 Å². The highest BCUT2D eigenvalue weighted by Crippen LogP contribution is 2.39. The Morgan fingerprint density at radius 2 is 2.00 bits per heavy atom. The van der Waals surface area contributed by atoms with E-state index in [2.05, 4.69) is 50.0 Å². The maximum Gasteiger partial charge on any atom is 0.241 e. The molecule has 2 fully saturated rings. The molecule has 1 aromatic heterocycles. The normalized spacial score (nSPS) is 28.2. The van der Waals surface area contributed by atoms with Crippen LogP contribution in [0, 0.1) is 18.8 Å². The molecule has 2 heterocycles. The zero-order valence-corrected chi connectivity index (χ0v) is 14.2. The molecule has 0 aromatic carbocycles. The molecule has 1 aliphatic heterocycles. The Morgan fingerprint density at radius 1 is 1.29 bits per heavy atom. The van der Waals surface area contributed by atoms with Crippen LogP contribution in [0.5, 0.6) is 0 Å². The first-order valence-corrected chi connectivity index (χ1v) is 8.95. The summed E-state index contributed by atoms with van der Waals surface area (Å²) >= 11 is 1.80. The molecule has 116 valence electrons. The van der Waals surface area contributed by atoms with Gasteiger partial charge in [-0.3, -0.25) is 10.1 Å². The van der Waals surface area contributed by atoms with Crippen LogP contribution in [0.15, 0.2) is 12.1 Å². The minimum atomic E-state index is -0.0417. The number of nitrogens with one attached hydrogen (secondary N) is 1. The molecule has 3 unspecified atom stereocenters. The molecule has 1 amide bonds. The van der Waals surface area contributed by atoms with Crippen molar-refractivity contribution in [1.82, 2.24) is 10.2 Å². The third-order valence-corrected chi connectivity index (χ3v) is 6.16. The maximum absolute atomic E-state index is 12.9. The number of rotatable bonds is 4. The van der Waals surface area contributed by atoms with E-state index in [4.69, 9.17) is 0 Å². The van der Waals surface area contributed by atoms with Crippen molar-refractivity contribution in [2.75, 3.05) is 0 Å². The minimum Gasteiger partial charge on any atom is -0.318 e. The Hall–Kier alpha value is -0.870. The van der Waals surface area contributed by atoms with Crippen LogP contribution in [0.3, 0.4) is 0 Å². The molecule has 4 heteroatoms. The summed E-state index contributed by atoms with van der Waals surface area (Å²) in [5, 5.41) is 3.59. The fourth-order valence-corrected chi connectivity index (χ4v) is 4.43. The summed E-state index contributed by atoms with van der Waals surface area (Å²) in [6, 6.07) is 4.63. The van der Waals surface area contributed by atoms with Gasteiger partial charge in [-0.2, -0.15) is 0 Å². The van der Waals surface area contributed by atoms with Gasteiger partial charge in [0, 0.05) is 15.8 Å². The number of amides is 1. The smallest absolute Gasteiger partial charge is 0.241 e. The van der Waals surface area contributed by atoms with Crippen molar-refractivity contribution in [3.8, 4) is 0 Å². The van der Waals surface area contributed by atoms with E-state index in [0.29, 0.717) is 23.8 Å². The molecule has 21 heavy (non-hydrogen) atoms. The third-order valence-electron chi connectivity index (χ3n) is 5.10. The van der Waals surface area contributed by atoms with Crippen LogP contribution in [0.1, 0.15) is 56.0 Å². The first kappa shape index (κ1) is 15.0. The number of aryl methyl sites for hydroxylation is 1. The third kappa shape index (κ3) is 2.64. The molecule has 0 bridgehead atoms. The molecule has 0 radical (unpaired) electrons. The highest BCUT2D eigenvalue weighted by Gasteiger charge is 2.45. The first-order chi connectivity index (χ1) is 9.99. The van der Waals surface area contributed by atoms with E-state index in [-0.39, 0.29) is 12.2 Å². The van der Waals surface area contributed by atoms with Gasteiger partial charge < -0.3 is 4.90 Å². The van der Waals surface area contributed by atoms with Gasteiger partial charge in [0.2, 0.25) is 5.91 Å². The standard InChI is InChI=1S/C17H26N2OS/c1-10(2)15-17(20)19(12(4)13-6-5-7-13)16(18-15)14-9-8-11(3)21-14/h8-10,12-13,15-16,18H,5-7H2,1-4H3. The molecule has 3 nitrogen and oxygen atoms in total. The van der Waals surface area contributed by atoms with Gasteiger partial charge in [0.15, 0.2) is 0 Å². The lowest BCUT2D eigenvalue weighted by Gasteiger charge is -2.39. The van der Waals surface area contributed by atoms with Crippen LogP contribution in [-0.4, -0.2) is 22.9 Å². The summed E-state index contributed by atoms with van der Waals surface area (Å²) in [4.78, 5) is 17.6. The molecule has 1 N–H and O–H groups in total. The van der Waals surface area contributed by atoms with E-state index >= 15 is 0 Å². The SMILES string of the molecule is Cc1ccc(C2NC(C(C)C)C(=O)N2C(C)C2CCC2)s1. The molecule has 3 rings (SSSR count). The lowest BCUT2D eigenvalue weighted by molar-refractivity contribution is -0.134. The maximum atomic E-state index is 12.9. The molecule has 2 aliphatic rings. The molecule has 1 aliphatic carbocycles. The minimum absolute atomic E-state index is 0.0417. The lowest BCUT2D eigenvalue weighted by Crippen LogP contribution is -2.44. The topological polar surface area (TPSA) is 32.3 Å². The molecule has 0 spiro atoms. The Balaban J connectivity index is 1.89. The number of hydrogen-bond donors (Lipinski definition) is 1. The number of carbonyl (C=O) groups is 1. The van der Waals surface area contributed by atoms with Gasteiger partial charge in [-0.1, -0.05) is 20.3 Å². The monoisotopic (exact) mass is 306 g/mol. The fraction of sp³-hybridized carbons (Fsp3) is 0.706. The Bertz CT molecular complexity index is 521. The second-order valence-corrected chi connectivity index (χ2v) is 8.24. The summed E-state index contributed by atoms with van der Waals surface area (Å²) in [6.07, 6.45) is 3.93. The lowest BCUT2D eigenvalue weighted by atomic mass is 9.79. The van der Waals surface area contributed by atoms with E-state index in [1.807, 2.05) is 0 Å². The van der Waals surface area contributed by atoms with Crippen LogP contribution in [0.25, 0.3) is 0 Å². The molecular formula is C17H26N2OS. The van der Waals surface area contributed by atoms with Crippen molar-refractivity contribution in [1.29, 1.82) is 0 Å². The quantitative estimate of drug-likeness (QED) is 0.920. The van der Waals surface area contributed by atoms with Gasteiger partial charge in [0.05, 0.1) is 6.04 Å². The highest BCUT2D eigenvalue weighted by molar-refractivity contribution is 7.12. The molecule has 1 aromatic rings. The number of hydrogen-bond acceptors (Lipinski definition) is 3. The average molecular weight is 306 g/mol.